The van der Waals surface area contributed by atoms with Crippen LogP contribution in [0.25, 0.3) is 0 Å². The molecule has 1 aliphatic carbocycles. The lowest BCUT2D eigenvalue weighted by Crippen LogP contribution is -2.34. The van der Waals surface area contributed by atoms with E-state index in [9.17, 15) is 17.6 Å². The van der Waals surface area contributed by atoms with Crippen LogP contribution in [0.15, 0.2) is 12.1 Å². The Kier molecular flexibility index (Phi) is 6.60. The number of hydrogen-bond donors (Lipinski definition) is 1. The molecule has 1 aliphatic rings. The minimum atomic E-state index is -3.58. The van der Waals surface area contributed by atoms with Crippen LogP contribution in [0.2, 0.25) is 5.02 Å². The van der Waals surface area contributed by atoms with Gasteiger partial charge in [-0.3, -0.25) is 4.79 Å². The molecular formula is C16H21ClFNO4S. The number of ether oxygens (including phenoxy) is 1. The van der Waals surface area contributed by atoms with E-state index in [1.807, 2.05) is 0 Å². The molecule has 0 unspecified atom stereocenters. The van der Waals surface area contributed by atoms with E-state index in [0.717, 1.165) is 32.1 Å². The molecule has 0 atom stereocenters. The van der Waals surface area contributed by atoms with Crippen LogP contribution in [0.5, 0.6) is 5.75 Å². The molecule has 0 spiro atoms. The van der Waals surface area contributed by atoms with E-state index < -0.39 is 28.2 Å². The number of halogens is 2. The molecule has 0 amide bonds. The Morgan fingerprint density at radius 3 is 2.62 bits per heavy atom. The molecule has 1 fully saturated rings. The van der Waals surface area contributed by atoms with Gasteiger partial charge in [0.25, 0.3) is 0 Å². The summed E-state index contributed by atoms with van der Waals surface area (Å²) in [5, 5.41) is -0.247. The van der Waals surface area contributed by atoms with Crippen molar-refractivity contribution in [2.24, 2.45) is 5.92 Å². The molecule has 0 bridgehead atoms. The predicted molar refractivity (Wildman–Crippen MR) is 90.7 cm³/mol. The van der Waals surface area contributed by atoms with Crippen molar-refractivity contribution in [3.8, 4) is 5.75 Å². The zero-order valence-electron chi connectivity index (χ0n) is 13.5. The third kappa shape index (κ3) is 5.16. The van der Waals surface area contributed by atoms with Gasteiger partial charge in [0.05, 0.1) is 30.0 Å². The lowest BCUT2D eigenvalue weighted by Gasteiger charge is -2.21. The van der Waals surface area contributed by atoms with E-state index in [2.05, 4.69) is 4.72 Å². The number of ketones is 1. The Morgan fingerprint density at radius 1 is 1.33 bits per heavy atom. The van der Waals surface area contributed by atoms with Crippen LogP contribution >= 0.6 is 11.6 Å². The van der Waals surface area contributed by atoms with E-state index in [-0.39, 0.29) is 28.0 Å². The smallest absolute Gasteiger partial charge is 0.212 e. The van der Waals surface area contributed by atoms with Gasteiger partial charge in [-0.1, -0.05) is 30.9 Å². The maximum atomic E-state index is 14.0. The first kappa shape index (κ1) is 19.1. The van der Waals surface area contributed by atoms with Gasteiger partial charge in [-0.05, 0) is 24.8 Å². The van der Waals surface area contributed by atoms with Gasteiger partial charge in [0.15, 0.2) is 11.6 Å². The topological polar surface area (TPSA) is 72.5 Å². The number of Topliss-reactive ketones (excluding diaryl/α,β-unsaturated/α-hetero) is 1. The fraction of sp³-hybridized carbons (Fsp3) is 0.562. The van der Waals surface area contributed by atoms with Gasteiger partial charge in [-0.25, -0.2) is 17.5 Å². The number of hydrogen-bond acceptors (Lipinski definition) is 4. The number of carbonyl (C=O) groups is 1. The molecule has 2 rings (SSSR count). The summed E-state index contributed by atoms with van der Waals surface area (Å²) in [6, 6.07) is 2.46. The molecule has 0 radical (unpaired) electrons. The van der Waals surface area contributed by atoms with Crippen LogP contribution in [0.4, 0.5) is 4.39 Å². The maximum Gasteiger partial charge on any atom is 0.212 e. The van der Waals surface area contributed by atoms with E-state index in [1.165, 1.54) is 19.2 Å². The zero-order valence-corrected chi connectivity index (χ0v) is 15.1. The molecule has 1 aromatic rings. The van der Waals surface area contributed by atoms with Crippen LogP contribution in [0.3, 0.4) is 0 Å². The van der Waals surface area contributed by atoms with E-state index in [4.69, 9.17) is 16.3 Å². The van der Waals surface area contributed by atoms with Crippen LogP contribution in [0.1, 0.15) is 42.5 Å². The summed E-state index contributed by atoms with van der Waals surface area (Å²) in [5.74, 6) is -1.22. The maximum absolute atomic E-state index is 14.0. The largest absolute Gasteiger partial charge is 0.497 e. The van der Waals surface area contributed by atoms with E-state index in [0.29, 0.717) is 0 Å². The number of carbonyl (C=O) groups excluding carboxylic acids is 1. The summed E-state index contributed by atoms with van der Waals surface area (Å²) in [6.07, 6.45) is 4.97. The Balaban J connectivity index is 2.00. The third-order valence-corrected chi connectivity index (χ3v) is 5.94. The van der Waals surface area contributed by atoms with Crippen LogP contribution < -0.4 is 9.46 Å². The van der Waals surface area contributed by atoms with Crippen molar-refractivity contribution >= 4 is 27.4 Å². The lowest BCUT2D eigenvalue weighted by molar-refractivity contribution is 0.0992. The monoisotopic (exact) mass is 377 g/mol. The average molecular weight is 378 g/mol. The molecule has 0 saturated heterocycles. The molecule has 1 aromatic carbocycles. The first-order valence-electron chi connectivity index (χ1n) is 7.86. The van der Waals surface area contributed by atoms with Crippen molar-refractivity contribution in [2.75, 3.05) is 19.4 Å². The fourth-order valence-corrected chi connectivity index (χ4v) is 4.51. The van der Waals surface area contributed by atoms with E-state index >= 15 is 0 Å². The van der Waals surface area contributed by atoms with Crippen molar-refractivity contribution in [3.05, 3.63) is 28.5 Å². The fourth-order valence-electron chi connectivity index (χ4n) is 2.88. The number of sulfonamides is 1. The summed E-state index contributed by atoms with van der Waals surface area (Å²) in [4.78, 5) is 12.1. The molecule has 24 heavy (non-hydrogen) atoms. The highest BCUT2D eigenvalue weighted by Gasteiger charge is 2.23. The molecule has 1 saturated carbocycles. The van der Waals surface area contributed by atoms with Crippen LogP contribution in [0, 0.1) is 11.7 Å². The first-order chi connectivity index (χ1) is 11.3. The second kappa shape index (κ2) is 8.27. The summed E-state index contributed by atoms with van der Waals surface area (Å²) in [5.41, 5.74) is -0.292. The molecule has 1 N–H and O–H groups in total. The SMILES string of the molecule is COc1cc(Cl)c(F)c(C(=O)CNS(=O)(=O)CC2CCCCC2)c1. The zero-order chi connectivity index (χ0) is 17.7. The lowest BCUT2D eigenvalue weighted by atomic mass is 9.91. The molecule has 0 heterocycles. The molecule has 0 aromatic heterocycles. The standard InChI is InChI=1S/C16H21ClFNO4S/c1-23-12-7-13(16(18)14(17)8-12)15(20)9-19-24(21,22)10-11-5-3-2-4-6-11/h7-8,11,19H,2-6,9-10H2,1H3. The summed E-state index contributed by atoms with van der Waals surface area (Å²) in [6.45, 7) is -0.504. The van der Waals surface area contributed by atoms with Crippen molar-refractivity contribution in [2.45, 2.75) is 32.1 Å². The van der Waals surface area contributed by atoms with Gasteiger partial charge in [0.2, 0.25) is 10.0 Å². The van der Waals surface area contributed by atoms with Gasteiger partial charge in [0.1, 0.15) is 5.75 Å². The number of benzene rings is 1. The highest BCUT2D eigenvalue weighted by molar-refractivity contribution is 7.89. The highest BCUT2D eigenvalue weighted by Crippen LogP contribution is 2.26. The van der Waals surface area contributed by atoms with Crippen LogP contribution in [-0.2, 0) is 10.0 Å². The minimum absolute atomic E-state index is 0.00162. The van der Waals surface area contributed by atoms with Crippen molar-refractivity contribution in [1.82, 2.24) is 4.72 Å². The summed E-state index contributed by atoms with van der Waals surface area (Å²) in [7, 11) is -2.21. The molecule has 8 heteroatoms. The quantitative estimate of drug-likeness (QED) is 0.741. The normalized spacial score (nSPS) is 16.1. The van der Waals surface area contributed by atoms with Crippen molar-refractivity contribution in [3.63, 3.8) is 0 Å². The average Bonchev–Trinajstić information content (AvgIpc) is 2.55. The highest BCUT2D eigenvalue weighted by atomic mass is 35.5. The summed E-state index contributed by atoms with van der Waals surface area (Å²) >= 11 is 5.71. The van der Waals surface area contributed by atoms with Crippen molar-refractivity contribution < 1.29 is 22.3 Å². The Hall–Kier alpha value is -1.18. The van der Waals surface area contributed by atoms with Gasteiger partial charge in [-0.2, -0.15) is 0 Å². The molecular weight excluding hydrogens is 357 g/mol. The summed E-state index contributed by atoms with van der Waals surface area (Å²) < 4.78 is 45.4. The number of nitrogens with one attached hydrogen (secondary N) is 1. The predicted octanol–water partition coefficient (Wildman–Crippen LogP) is 3.17. The minimum Gasteiger partial charge on any atom is -0.497 e. The molecule has 134 valence electrons. The Labute approximate surface area is 146 Å². The van der Waals surface area contributed by atoms with Gasteiger partial charge in [0, 0.05) is 6.07 Å². The number of rotatable bonds is 7. The van der Waals surface area contributed by atoms with Crippen LogP contribution in [-0.4, -0.2) is 33.6 Å². The van der Waals surface area contributed by atoms with Gasteiger partial charge < -0.3 is 4.74 Å². The Bertz CT molecular complexity index is 702. The van der Waals surface area contributed by atoms with Gasteiger partial charge in [-0.15, -0.1) is 0 Å². The molecule has 5 nitrogen and oxygen atoms in total. The third-order valence-electron chi connectivity index (χ3n) is 4.17. The second-order valence-corrected chi connectivity index (χ2v) is 8.26. The number of methoxy groups -OCH3 is 1. The Morgan fingerprint density at radius 2 is 2.00 bits per heavy atom. The molecule has 0 aliphatic heterocycles. The van der Waals surface area contributed by atoms with Gasteiger partial charge >= 0.3 is 0 Å². The van der Waals surface area contributed by atoms with E-state index in [1.54, 1.807) is 0 Å². The van der Waals surface area contributed by atoms with Crippen molar-refractivity contribution in [1.29, 1.82) is 0 Å². The second-order valence-electron chi connectivity index (χ2n) is 6.00. The first-order valence-corrected chi connectivity index (χ1v) is 9.89.